The second-order valence-electron chi connectivity index (χ2n) is 6.24. The van der Waals surface area contributed by atoms with Crippen LogP contribution in [0.15, 0.2) is 42.5 Å². The van der Waals surface area contributed by atoms with Gasteiger partial charge >= 0.3 is 0 Å². The molecule has 0 aliphatic carbocycles. The molecule has 1 aliphatic rings. The number of para-hydroxylation sites is 1. The van der Waals surface area contributed by atoms with Crippen LogP contribution in [0.1, 0.15) is 12.0 Å². The number of amides is 2. The number of aromatic nitrogens is 1. The Kier molecular flexibility index (Phi) is 3.77. The summed E-state index contributed by atoms with van der Waals surface area (Å²) in [6.45, 7) is 2.33. The molecule has 2 N–H and O–H groups in total. The van der Waals surface area contributed by atoms with Crippen LogP contribution in [0.25, 0.3) is 20.8 Å². The van der Waals surface area contributed by atoms with Gasteiger partial charge in [-0.25, -0.2) is 4.98 Å². The van der Waals surface area contributed by atoms with E-state index in [2.05, 4.69) is 6.07 Å². The third-order valence-corrected chi connectivity index (χ3v) is 5.72. The number of thiazole rings is 1. The lowest BCUT2D eigenvalue weighted by atomic mass is 10.1. The first-order valence-corrected chi connectivity index (χ1v) is 8.91. The van der Waals surface area contributed by atoms with Crippen LogP contribution in [-0.2, 0) is 9.59 Å². The molecule has 2 amide bonds. The molecular formula is C19H17N3O2S. The Morgan fingerprint density at radius 1 is 1.24 bits per heavy atom. The van der Waals surface area contributed by atoms with Gasteiger partial charge in [-0.1, -0.05) is 24.3 Å². The van der Waals surface area contributed by atoms with Crippen molar-refractivity contribution in [3.05, 3.63) is 48.0 Å². The fraction of sp³-hybridized carbons (Fsp3) is 0.211. The predicted octanol–water partition coefficient (Wildman–Crippen LogP) is 3.11. The molecular weight excluding hydrogens is 334 g/mol. The van der Waals surface area contributed by atoms with Crippen LogP contribution in [0.4, 0.5) is 5.69 Å². The Balaban J connectivity index is 1.76. The van der Waals surface area contributed by atoms with Gasteiger partial charge < -0.3 is 10.6 Å². The van der Waals surface area contributed by atoms with Crippen molar-refractivity contribution in [1.29, 1.82) is 0 Å². The lowest BCUT2D eigenvalue weighted by molar-refractivity contribution is -0.123. The molecule has 0 bridgehead atoms. The van der Waals surface area contributed by atoms with Crippen LogP contribution in [0.2, 0.25) is 0 Å². The minimum absolute atomic E-state index is 0.0617. The monoisotopic (exact) mass is 351 g/mol. The van der Waals surface area contributed by atoms with Crippen LogP contribution >= 0.6 is 11.3 Å². The molecule has 4 rings (SSSR count). The molecule has 1 atom stereocenters. The Morgan fingerprint density at radius 2 is 2.04 bits per heavy atom. The summed E-state index contributed by atoms with van der Waals surface area (Å²) >= 11 is 1.63. The highest BCUT2D eigenvalue weighted by Crippen LogP contribution is 2.37. The molecule has 2 aromatic carbocycles. The number of carbonyl (C=O) groups is 2. The van der Waals surface area contributed by atoms with Crippen molar-refractivity contribution >= 4 is 39.1 Å². The van der Waals surface area contributed by atoms with Gasteiger partial charge in [-0.05, 0) is 30.7 Å². The van der Waals surface area contributed by atoms with Crippen molar-refractivity contribution in [3.63, 3.8) is 0 Å². The van der Waals surface area contributed by atoms with Crippen molar-refractivity contribution in [2.24, 2.45) is 11.7 Å². The highest BCUT2D eigenvalue weighted by Gasteiger charge is 2.34. The van der Waals surface area contributed by atoms with E-state index >= 15 is 0 Å². The lowest BCUT2D eigenvalue weighted by Crippen LogP contribution is -2.28. The van der Waals surface area contributed by atoms with E-state index in [9.17, 15) is 9.59 Å². The van der Waals surface area contributed by atoms with Crippen LogP contribution < -0.4 is 10.6 Å². The zero-order chi connectivity index (χ0) is 17.6. The van der Waals surface area contributed by atoms with Crippen LogP contribution in [0, 0.1) is 12.8 Å². The Hall–Kier alpha value is -2.73. The third kappa shape index (κ3) is 2.68. The van der Waals surface area contributed by atoms with Crippen molar-refractivity contribution in [2.45, 2.75) is 13.3 Å². The van der Waals surface area contributed by atoms with E-state index in [0.717, 1.165) is 32.0 Å². The molecule has 0 radical (unpaired) electrons. The van der Waals surface area contributed by atoms with Gasteiger partial charge in [0.15, 0.2) is 0 Å². The summed E-state index contributed by atoms with van der Waals surface area (Å²) in [4.78, 5) is 30.2. The van der Waals surface area contributed by atoms with Crippen LogP contribution in [0.5, 0.6) is 0 Å². The lowest BCUT2D eigenvalue weighted by Gasteiger charge is -2.20. The maximum absolute atomic E-state index is 12.3. The molecule has 1 saturated heterocycles. The molecule has 1 aromatic heterocycles. The highest BCUT2D eigenvalue weighted by molar-refractivity contribution is 7.21. The van der Waals surface area contributed by atoms with Crippen LogP contribution in [-0.4, -0.2) is 23.3 Å². The predicted molar refractivity (Wildman–Crippen MR) is 99.4 cm³/mol. The van der Waals surface area contributed by atoms with E-state index in [1.54, 1.807) is 16.2 Å². The summed E-state index contributed by atoms with van der Waals surface area (Å²) in [6, 6.07) is 13.9. The molecule has 0 spiro atoms. The number of anilines is 1. The van der Waals surface area contributed by atoms with E-state index in [-0.39, 0.29) is 12.3 Å². The van der Waals surface area contributed by atoms with Crippen LogP contribution in [0.3, 0.4) is 0 Å². The van der Waals surface area contributed by atoms with E-state index in [0.29, 0.717) is 6.54 Å². The summed E-state index contributed by atoms with van der Waals surface area (Å²) in [6.07, 6.45) is 0.181. The third-order valence-electron chi connectivity index (χ3n) is 4.65. The number of hydrogen-bond donors (Lipinski definition) is 1. The fourth-order valence-corrected chi connectivity index (χ4v) is 4.31. The number of nitrogens with two attached hydrogens (primary N) is 1. The Labute approximate surface area is 149 Å². The second kappa shape index (κ2) is 5.97. The zero-order valence-corrected chi connectivity index (χ0v) is 14.5. The molecule has 25 heavy (non-hydrogen) atoms. The number of benzene rings is 2. The van der Waals surface area contributed by atoms with Gasteiger partial charge in [-0.2, -0.15) is 0 Å². The summed E-state index contributed by atoms with van der Waals surface area (Å²) in [5, 5.41) is 0.929. The standard InChI is InChI=1S/C19H17N3O2S/c1-11-13(19-21-14-6-2-3-8-16(14)25-19)5-4-7-15(11)22-10-12(18(20)24)9-17(22)23/h2-8,12H,9-10H2,1H3,(H2,20,24)/t12-/m1/s1. The van der Waals surface area contributed by atoms with E-state index in [1.807, 2.05) is 43.3 Å². The van der Waals surface area contributed by atoms with E-state index < -0.39 is 11.8 Å². The summed E-state index contributed by atoms with van der Waals surface area (Å²) < 4.78 is 1.13. The SMILES string of the molecule is Cc1c(-c2nc3ccccc3s2)cccc1N1C[C@H](C(N)=O)CC1=O. The Morgan fingerprint density at radius 3 is 2.76 bits per heavy atom. The first-order chi connectivity index (χ1) is 12.0. The van der Waals surface area contributed by atoms with Gasteiger partial charge in [0.2, 0.25) is 11.8 Å². The maximum atomic E-state index is 12.3. The molecule has 1 aliphatic heterocycles. The van der Waals surface area contributed by atoms with E-state index in [4.69, 9.17) is 10.7 Å². The second-order valence-corrected chi connectivity index (χ2v) is 7.27. The van der Waals surface area contributed by atoms with Crippen molar-refractivity contribution in [2.75, 3.05) is 11.4 Å². The minimum Gasteiger partial charge on any atom is -0.369 e. The van der Waals surface area contributed by atoms with Crippen molar-refractivity contribution in [1.82, 2.24) is 4.98 Å². The quantitative estimate of drug-likeness (QED) is 0.788. The first-order valence-electron chi connectivity index (χ1n) is 8.10. The molecule has 3 aromatic rings. The Bertz CT molecular complexity index is 962. The van der Waals surface area contributed by atoms with E-state index in [1.165, 1.54) is 0 Å². The highest BCUT2D eigenvalue weighted by atomic mass is 32.1. The number of rotatable bonds is 3. The largest absolute Gasteiger partial charge is 0.369 e. The van der Waals surface area contributed by atoms with Gasteiger partial charge in [-0.15, -0.1) is 11.3 Å². The molecule has 126 valence electrons. The number of hydrogen-bond acceptors (Lipinski definition) is 4. The summed E-state index contributed by atoms with van der Waals surface area (Å²) in [5.74, 6) is -0.901. The zero-order valence-electron chi connectivity index (χ0n) is 13.7. The number of fused-ring (bicyclic) bond motifs is 1. The average Bonchev–Trinajstić information content (AvgIpc) is 3.18. The molecule has 0 saturated carbocycles. The number of nitrogens with zero attached hydrogens (tertiary/aromatic N) is 2. The van der Waals surface area contributed by atoms with Gasteiger partial charge in [-0.3, -0.25) is 9.59 Å². The summed E-state index contributed by atoms with van der Waals surface area (Å²) in [5.41, 5.74) is 9.17. The number of primary amides is 1. The van der Waals surface area contributed by atoms with Crippen molar-refractivity contribution in [3.8, 4) is 10.6 Å². The van der Waals surface area contributed by atoms with Gasteiger partial charge in [0.25, 0.3) is 0 Å². The first kappa shape index (κ1) is 15.8. The molecule has 5 nitrogen and oxygen atoms in total. The molecule has 2 heterocycles. The normalized spacial score (nSPS) is 17.4. The maximum Gasteiger partial charge on any atom is 0.227 e. The number of carbonyl (C=O) groups excluding carboxylic acids is 2. The topological polar surface area (TPSA) is 76.3 Å². The minimum atomic E-state index is -0.421. The molecule has 0 unspecified atom stereocenters. The smallest absolute Gasteiger partial charge is 0.227 e. The summed E-state index contributed by atoms with van der Waals surface area (Å²) in [7, 11) is 0. The molecule has 6 heteroatoms. The van der Waals surface area contributed by atoms with Crippen molar-refractivity contribution < 1.29 is 9.59 Å². The average molecular weight is 351 g/mol. The molecule has 1 fully saturated rings. The fourth-order valence-electron chi connectivity index (χ4n) is 3.27. The van der Waals surface area contributed by atoms with Gasteiger partial charge in [0.05, 0.1) is 16.1 Å². The van der Waals surface area contributed by atoms with Gasteiger partial charge in [0, 0.05) is 24.2 Å². The van der Waals surface area contributed by atoms with Gasteiger partial charge in [0.1, 0.15) is 5.01 Å².